The summed E-state index contributed by atoms with van der Waals surface area (Å²) in [5.74, 6) is 1.87. The van der Waals surface area contributed by atoms with Gasteiger partial charge in [-0.15, -0.1) is 0 Å². The highest BCUT2D eigenvalue weighted by atomic mass is 16.5. The molecule has 5 nitrogen and oxygen atoms in total. The minimum absolute atomic E-state index is 0.0186. The number of methoxy groups -OCH3 is 1. The molecule has 42 heavy (non-hydrogen) atoms. The van der Waals surface area contributed by atoms with Crippen LogP contribution in [0.25, 0.3) is 11.1 Å². The summed E-state index contributed by atoms with van der Waals surface area (Å²) in [4.78, 5) is 32.9. The van der Waals surface area contributed by atoms with E-state index in [1.165, 1.54) is 11.1 Å². The molecule has 2 heterocycles. The third-order valence-corrected chi connectivity index (χ3v) is 8.30. The highest BCUT2D eigenvalue weighted by Crippen LogP contribution is 2.31. The molecular formula is C37H40N2O3. The van der Waals surface area contributed by atoms with Gasteiger partial charge in [-0.05, 0) is 102 Å². The van der Waals surface area contributed by atoms with Gasteiger partial charge in [0.25, 0.3) is 5.91 Å². The molecule has 5 heteroatoms. The van der Waals surface area contributed by atoms with Crippen LogP contribution in [0.1, 0.15) is 75.7 Å². The number of rotatable bonds is 9. The van der Waals surface area contributed by atoms with Crippen molar-refractivity contribution in [2.24, 2.45) is 5.92 Å². The Kier molecular flexibility index (Phi) is 9.16. The zero-order valence-corrected chi connectivity index (χ0v) is 25.1. The van der Waals surface area contributed by atoms with Crippen LogP contribution in [0.5, 0.6) is 5.75 Å². The number of Topliss-reactive ketones (excluding diaryl/α,β-unsaturated/α-hetero) is 1. The van der Waals surface area contributed by atoms with E-state index in [0.717, 1.165) is 60.5 Å². The molecule has 1 aromatic heterocycles. The minimum atomic E-state index is 0.0186. The Morgan fingerprint density at radius 3 is 2.12 bits per heavy atom. The van der Waals surface area contributed by atoms with E-state index >= 15 is 0 Å². The van der Waals surface area contributed by atoms with E-state index in [-0.39, 0.29) is 18.1 Å². The van der Waals surface area contributed by atoms with Crippen molar-refractivity contribution in [1.29, 1.82) is 0 Å². The number of carbonyl (C=O) groups is 2. The average molecular weight is 561 g/mol. The van der Waals surface area contributed by atoms with Crippen LogP contribution in [0.4, 0.5) is 0 Å². The lowest BCUT2D eigenvalue weighted by Crippen LogP contribution is -2.38. The largest absolute Gasteiger partial charge is 0.497 e. The first-order chi connectivity index (χ1) is 20.3. The number of hydrogen-bond acceptors (Lipinski definition) is 4. The van der Waals surface area contributed by atoms with E-state index in [4.69, 9.17) is 4.74 Å². The molecular weight excluding hydrogens is 520 g/mol. The van der Waals surface area contributed by atoms with Crippen molar-refractivity contribution in [2.75, 3.05) is 20.2 Å². The summed E-state index contributed by atoms with van der Waals surface area (Å²) in [6, 6.07) is 26.5. The number of aromatic nitrogens is 1. The lowest BCUT2D eigenvalue weighted by Gasteiger charge is -2.32. The van der Waals surface area contributed by atoms with Gasteiger partial charge in [-0.1, -0.05) is 56.3 Å². The molecule has 3 aromatic carbocycles. The second-order valence-corrected chi connectivity index (χ2v) is 11.8. The quantitative estimate of drug-likeness (QED) is 0.197. The lowest BCUT2D eigenvalue weighted by atomic mass is 9.88. The average Bonchev–Trinajstić information content (AvgIpc) is 3.02. The third-order valence-electron chi connectivity index (χ3n) is 8.30. The normalized spacial score (nSPS) is 13.8. The van der Waals surface area contributed by atoms with E-state index in [0.29, 0.717) is 23.0 Å². The standard InChI is InChI=1S/C37H40N2O3/c1-25(2)21-34-14-11-32(24-38-34)36(40)23-33-22-31(6-5-26(33)3)37(41)39-19-17-30(18-20-39)28-9-7-27(8-10-28)29-12-15-35(42-4)16-13-29/h5-16,22,24-25,30H,17-21,23H2,1-4H3. The van der Waals surface area contributed by atoms with Crippen molar-refractivity contribution < 1.29 is 14.3 Å². The fraction of sp³-hybridized carbons (Fsp3) is 0.324. The van der Waals surface area contributed by atoms with Gasteiger partial charge >= 0.3 is 0 Å². The molecule has 4 aromatic rings. The molecule has 0 aliphatic carbocycles. The van der Waals surface area contributed by atoms with Crippen LogP contribution in [0.2, 0.25) is 0 Å². The highest BCUT2D eigenvalue weighted by molar-refractivity contribution is 5.98. The maximum absolute atomic E-state index is 13.5. The van der Waals surface area contributed by atoms with Crippen LogP contribution in [0.15, 0.2) is 85.1 Å². The number of piperidine rings is 1. The Morgan fingerprint density at radius 1 is 0.881 bits per heavy atom. The van der Waals surface area contributed by atoms with Gasteiger partial charge in [-0.25, -0.2) is 0 Å². The molecule has 1 amide bonds. The SMILES string of the molecule is COc1ccc(-c2ccc(C3CCN(C(=O)c4ccc(C)c(CC(=O)c5ccc(CC(C)C)nc5)c4)CC3)cc2)cc1. The number of hydrogen-bond donors (Lipinski definition) is 0. The summed E-state index contributed by atoms with van der Waals surface area (Å²) in [6.45, 7) is 7.75. The zero-order valence-electron chi connectivity index (χ0n) is 25.1. The fourth-order valence-electron chi connectivity index (χ4n) is 5.73. The summed E-state index contributed by atoms with van der Waals surface area (Å²) in [5, 5.41) is 0. The molecule has 0 bridgehead atoms. The maximum Gasteiger partial charge on any atom is 0.253 e. The maximum atomic E-state index is 13.5. The van der Waals surface area contributed by atoms with Gasteiger partial charge in [0.05, 0.1) is 7.11 Å². The molecule has 0 saturated carbocycles. The van der Waals surface area contributed by atoms with Crippen LogP contribution in [0, 0.1) is 12.8 Å². The molecule has 0 radical (unpaired) electrons. The van der Waals surface area contributed by atoms with Crippen molar-refractivity contribution in [3.63, 3.8) is 0 Å². The number of ketones is 1. The van der Waals surface area contributed by atoms with Crippen molar-refractivity contribution >= 4 is 11.7 Å². The van der Waals surface area contributed by atoms with Crippen LogP contribution < -0.4 is 4.74 Å². The summed E-state index contributed by atoms with van der Waals surface area (Å²) >= 11 is 0. The highest BCUT2D eigenvalue weighted by Gasteiger charge is 2.25. The van der Waals surface area contributed by atoms with Gasteiger partial charge in [0, 0.05) is 42.5 Å². The molecule has 0 unspecified atom stereocenters. The Labute approximate surface area is 249 Å². The summed E-state index contributed by atoms with van der Waals surface area (Å²) in [6.07, 6.45) is 4.70. The zero-order chi connectivity index (χ0) is 29.6. The first-order valence-electron chi connectivity index (χ1n) is 14.9. The van der Waals surface area contributed by atoms with Gasteiger partial charge in [0.1, 0.15) is 5.75 Å². The number of aryl methyl sites for hydroxylation is 1. The van der Waals surface area contributed by atoms with Crippen molar-refractivity contribution in [3.05, 3.63) is 119 Å². The number of nitrogens with zero attached hydrogens (tertiary/aromatic N) is 2. The predicted octanol–water partition coefficient (Wildman–Crippen LogP) is 7.71. The smallest absolute Gasteiger partial charge is 0.253 e. The van der Waals surface area contributed by atoms with Crippen LogP contribution >= 0.6 is 0 Å². The van der Waals surface area contributed by atoms with E-state index in [1.54, 1.807) is 13.3 Å². The molecule has 0 atom stereocenters. The molecule has 0 N–H and O–H groups in total. The van der Waals surface area contributed by atoms with Gasteiger partial charge in [0.15, 0.2) is 5.78 Å². The first-order valence-corrected chi connectivity index (χ1v) is 14.9. The van der Waals surface area contributed by atoms with Crippen LogP contribution in [-0.2, 0) is 12.8 Å². The summed E-state index contributed by atoms with van der Waals surface area (Å²) in [5.41, 5.74) is 7.83. The fourth-order valence-corrected chi connectivity index (χ4v) is 5.73. The van der Waals surface area contributed by atoms with E-state index < -0.39 is 0 Å². The molecule has 5 rings (SSSR count). The lowest BCUT2D eigenvalue weighted by molar-refractivity contribution is 0.0712. The molecule has 216 valence electrons. The number of carbonyl (C=O) groups excluding carboxylic acids is 2. The van der Waals surface area contributed by atoms with Crippen LogP contribution in [-0.4, -0.2) is 41.8 Å². The molecule has 0 spiro atoms. The van der Waals surface area contributed by atoms with Crippen molar-refractivity contribution in [3.8, 4) is 16.9 Å². The topological polar surface area (TPSA) is 59.5 Å². The third kappa shape index (κ3) is 6.96. The number of likely N-dealkylation sites (tertiary alicyclic amines) is 1. The van der Waals surface area contributed by atoms with E-state index in [1.807, 2.05) is 54.3 Å². The molecule has 1 aliphatic heterocycles. The number of ether oxygens (including phenoxy) is 1. The van der Waals surface area contributed by atoms with Crippen molar-refractivity contribution in [2.45, 2.75) is 52.4 Å². The second-order valence-electron chi connectivity index (χ2n) is 11.8. The Hall–Kier alpha value is -4.25. The Bertz CT molecular complexity index is 1520. The van der Waals surface area contributed by atoms with E-state index in [9.17, 15) is 9.59 Å². The summed E-state index contributed by atoms with van der Waals surface area (Å²) in [7, 11) is 1.68. The monoisotopic (exact) mass is 560 g/mol. The number of benzene rings is 3. The molecule has 1 fully saturated rings. The Morgan fingerprint density at radius 2 is 1.52 bits per heavy atom. The predicted molar refractivity (Wildman–Crippen MR) is 168 cm³/mol. The van der Waals surface area contributed by atoms with Crippen LogP contribution in [0.3, 0.4) is 0 Å². The minimum Gasteiger partial charge on any atom is -0.497 e. The molecule has 1 aliphatic rings. The summed E-state index contributed by atoms with van der Waals surface area (Å²) < 4.78 is 5.27. The van der Waals surface area contributed by atoms with Crippen molar-refractivity contribution in [1.82, 2.24) is 9.88 Å². The van der Waals surface area contributed by atoms with E-state index in [2.05, 4.69) is 55.2 Å². The van der Waals surface area contributed by atoms with Gasteiger partial charge in [-0.3, -0.25) is 14.6 Å². The first kappa shape index (κ1) is 29.2. The number of pyridine rings is 1. The second kappa shape index (κ2) is 13.2. The van der Waals surface area contributed by atoms with Gasteiger partial charge in [-0.2, -0.15) is 0 Å². The van der Waals surface area contributed by atoms with Gasteiger partial charge < -0.3 is 9.64 Å². The molecule has 1 saturated heterocycles. The number of amides is 1. The van der Waals surface area contributed by atoms with Gasteiger partial charge in [0.2, 0.25) is 0 Å². The Balaban J connectivity index is 1.19.